The lowest BCUT2D eigenvalue weighted by atomic mass is 10.1. The van der Waals surface area contributed by atoms with Crippen LogP contribution in [0.1, 0.15) is 26.4 Å². The summed E-state index contributed by atoms with van der Waals surface area (Å²) in [5, 5.41) is 11.8. The molecule has 9 heteroatoms. The number of carboxylic acid groups (broad SMARTS) is 1. The van der Waals surface area contributed by atoms with Gasteiger partial charge in [-0.3, -0.25) is 4.72 Å². The molecule has 0 radical (unpaired) electrons. The van der Waals surface area contributed by atoms with Crippen molar-refractivity contribution in [1.82, 2.24) is 4.98 Å². The first kappa shape index (κ1) is 18.5. The van der Waals surface area contributed by atoms with Gasteiger partial charge in [0, 0.05) is 10.9 Å². The van der Waals surface area contributed by atoms with Gasteiger partial charge in [-0.15, -0.1) is 0 Å². The fourth-order valence-electron chi connectivity index (χ4n) is 2.73. The number of hydrogen-bond acceptors (Lipinski definition) is 6. The SMILES string of the molecule is COC(=O)c1ccccc1S(=O)(=O)Nc1c(C(=O)[O-])[nH]c2ccc(C)cc12. The highest BCUT2D eigenvalue weighted by molar-refractivity contribution is 7.92. The van der Waals surface area contributed by atoms with Gasteiger partial charge in [0.05, 0.1) is 30.0 Å². The van der Waals surface area contributed by atoms with E-state index in [4.69, 9.17) is 0 Å². The number of esters is 1. The van der Waals surface area contributed by atoms with Gasteiger partial charge in [0.1, 0.15) is 4.90 Å². The molecule has 0 amide bonds. The third-order valence-corrected chi connectivity index (χ3v) is 5.38. The van der Waals surface area contributed by atoms with Crippen LogP contribution in [0.25, 0.3) is 10.9 Å². The number of carbonyl (C=O) groups is 2. The van der Waals surface area contributed by atoms with Crippen molar-refractivity contribution in [3.05, 3.63) is 59.3 Å². The molecule has 0 atom stereocenters. The molecular formula is C18H15N2O6S-. The predicted octanol–water partition coefficient (Wildman–Crippen LogP) is 1.43. The van der Waals surface area contributed by atoms with Crippen molar-refractivity contribution in [2.75, 3.05) is 11.8 Å². The van der Waals surface area contributed by atoms with Crippen LogP contribution in [0, 0.1) is 6.92 Å². The lowest BCUT2D eigenvalue weighted by Gasteiger charge is -2.12. The van der Waals surface area contributed by atoms with Gasteiger partial charge in [0.2, 0.25) is 0 Å². The third-order valence-electron chi connectivity index (χ3n) is 3.98. The molecule has 2 aromatic carbocycles. The fraction of sp³-hybridized carbons (Fsp3) is 0.111. The first-order valence-corrected chi connectivity index (χ1v) is 9.26. The van der Waals surface area contributed by atoms with E-state index in [1.54, 1.807) is 25.1 Å². The molecule has 1 aromatic heterocycles. The van der Waals surface area contributed by atoms with Crippen LogP contribution in [-0.2, 0) is 14.8 Å². The van der Waals surface area contributed by atoms with E-state index in [0.717, 1.165) is 12.7 Å². The van der Waals surface area contributed by atoms with Crippen molar-refractivity contribution in [3.8, 4) is 0 Å². The molecule has 140 valence electrons. The van der Waals surface area contributed by atoms with E-state index in [1.165, 1.54) is 24.3 Å². The maximum absolute atomic E-state index is 12.9. The summed E-state index contributed by atoms with van der Waals surface area (Å²) < 4.78 is 32.7. The number of H-pyrrole nitrogens is 1. The second kappa shape index (κ2) is 6.76. The van der Waals surface area contributed by atoms with Crippen LogP contribution in [0.4, 0.5) is 5.69 Å². The largest absolute Gasteiger partial charge is 0.543 e. The molecule has 0 spiro atoms. The van der Waals surface area contributed by atoms with Gasteiger partial charge in [0.15, 0.2) is 0 Å². The molecule has 1 heterocycles. The molecule has 0 unspecified atom stereocenters. The summed E-state index contributed by atoms with van der Waals surface area (Å²) in [5.74, 6) is -2.39. The van der Waals surface area contributed by atoms with Crippen molar-refractivity contribution in [2.45, 2.75) is 11.8 Å². The Balaban J connectivity index is 2.18. The van der Waals surface area contributed by atoms with Crippen LogP contribution in [-0.4, -0.2) is 32.5 Å². The van der Waals surface area contributed by atoms with Gasteiger partial charge >= 0.3 is 5.97 Å². The molecular weight excluding hydrogens is 372 g/mol. The average molecular weight is 387 g/mol. The molecule has 0 fully saturated rings. The minimum Gasteiger partial charge on any atom is -0.543 e. The van der Waals surface area contributed by atoms with Crippen molar-refractivity contribution in [2.24, 2.45) is 0 Å². The number of methoxy groups -OCH3 is 1. The van der Waals surface area contributed by atoms with Gasteiger partial charge in [0.25, 0.3) is 10.0 Å². The fourth-order valence-corrected chi connectivity index (χ4v) is 4.02. The number of nitrogens with one attached hydrogen (secondary N) is 2. The quantitative estimate of drug-likeness (QED) is 0.637. The van der Waals surface area contributed by atoms with Crippen molar-refractivity contribution < 1.29 is 27.9 Å². The van der Waals surface area contributed by atoms with Crippen molar-refractivity contribution in [3.63, 3.8) is 0 Å². The minimum absolute atomic E-state index is 0.159. The second-order valence-corrected chi connectivity index (χ2v) is 7.46. The number of benzene rings is 2. The summed E-state index contributed by atoms with van der Waals surface area (Å²) in [6.07, 6.45) is 0. The molecule has 3 aromatic rings. The molecule has 2 N–H and O–H groups in total. The smallest absolute Gasteiger partial charge is 0.339 e. The standard InChI is InChI=1S/C18H16N2O6S/c1-10-7-8-13-12(9-10)15(16(19-13)17(21)22)20-27(24,25)14-6-4-3-5-11(14)18(23)26-2/h3-9,19-20H,1-2H3,(H,21,22)/p-1. The lowest BCUT2D eigenvalue weighted by Crippen LogP contribution is -2.25. The highest BCUT2D eigenvalue weighted by Crippen LogP contribution is 2.31. The van der Waals surface area contributed by atoms with Crippen LogP contribution < -0.4 is 9.83 Å². The molecule has 0 saturated heterocycles. The number of fused-ring (bicyclic) bond motifs is 1. The normalized spacial score (nSPS) is 11.3. The maximum atomic E-state index is 12.9. The van der Waals surface area contributed by atoms with Crippen LogP contribution in [0.2, 0.25) is 0 Å². The number of aromatic amines is 1. The topological polar surface area (TPSA) is 128 Å². The van der Waals surface area contributed by atoms with E-state index < -0.39 is 27.7 Å². The zero-order valence-electron chi connectivity index (χ0n) is 14.4. The van der Waals surface area contributed by atoms with Crippen LogP contribution in [0.5, 0.6) is 0 Å². The van der Waals surface area contributed by atoms with Gasteiger partial charge < -0.3 is 19.6 Å². The number of hydrogen-bond donors (Lipinski definition) is 2. The summed E-state index contributed by atoms with van der Waals surface area (Å²) >= 11 is 0. The zero-order valence-corrected chi connectivity index (χ0v) is 15.2. The molecule has 27 heavy (non-hydrogen) atoms. The molecule has 8 nitrogen and oxygen atoms in total. The van der Waals surface area contributed by atoms with Crippen LogP contribution in [0.3, 0.4) is 0 Å². The zero-order chi connectivity index (χ0) is 19.8. The second-order valence-electron chi connectivity index (χ2n) is 5.80. The summed E-state index contributed by atoms with van der Waals surface area (Å²) in [6, 6.07) is 10.5. The van der Waals surface area contributed by atoms with E-state index in [0.29, 0.717) is 10.9 Å². The summed E-state index contributed by atoms with van der Waals surface area (Å²) in [6.45, 7) is 1.79. The number of aromatic carboxylic acids is 1. The van der Waals surface area contributed by atoms with Gasteiger partial charge in [-0.05, 0) is 31.2 Å². The number of carboxylic acids is 1. The van der Waals surface area contributed by atoms with E-state index >= 15 is 0 Å². The Hall–Kier alpha value is -3.33. The summed E-state index contributed by atoms with van der Waals surface area (Å²) in [5.41, 5.74) is 0.502. The molecule has 0 saturated carbocycles. The highest BCUT2D eigenvalue weighted by atomic mass is 32.2. The first-order chi connectivity index (χ1) is 12.7. The molecule has 0 aliphatic rings. The van der Waals surface area contributed by atoms with Crippen molar-refractivity contribution >= 4 is 38.6 Å². The maximum Gasteiger partial charge on any atom is 0.339 e. The molecule has 3 rings (SSSR count). The first-order valence-electron chi connectivity index (χ1n) is 7.78. The average Bonchev–Trinajstić information content (AvgIpc) is 2.98. The number of rotatable bonds is 5. The molecule has 0 aliphatic carbocycles. The van der Waals surface area contributed by atoms with Crippen molar-refractivity contribution in [1.29, 1.82) is 0 Å². The Bertz CT molecular complexity index is 1160. The lowest BCUT2D eigenvalue weighted by molar-refractivity contribution is -0.255. The monoisotopic (exact) mass is 387 g/mol. The highest BCUT2D eigenvalue weighted by Gasteiger charge is 2.25. The van der Waals surface area contributed by atoms with E-state index in [-0.39, 0.29) is 16.1 Å². The molecule has 0 bridgehead atoms. The third kappa shape index (κ3) is 3.36. The molecule has 0 aliphatic heterocycles. The minimum atomic E-state index is -4.29. The Labute approximate surface area is 154 Å². The number of anilines is 1. The van der Waals surface area contributed by atoms with Crippen LogP contribution in [0.15, 0.2) is 47.4 Å². The Morgan fingerprint density at radius 1 is 1.15 bits per heavy atom. The summed E-state index contributed by atoms with van der Waals surface area (Å²) in [7, 11) is -3.16. The van der Waals surface area contributed by atoms with Gasteiger partial charge in [-0.2, -0.15) is 0 Å². The van der Waals surface area contributed by atoms with E-state index in [1.807, 2.05) is 0 Å². The van der Waals surface area contributed by atoms with E-state index in [2.05, 4.69) is 14.4 Å². The van der Waals surface area contributed by atoms with Crippen LogP contribution >= 0.6 is 0 Å². The Morgan fingerprint density at radius 2 is 1.85 bits per heavy atom. The number of ether oxygens (including phenoxy) is 1. The Kier molecular flexibility index (Phi) is 4.63. The predicted molar refractivity (Wildman–Crippen MR) is 96.0 cm³/mol. The Morgan fingerprint density at radius 3 is 2.52 bits per heavy atom. The number of carbonyl (C=O) groups excluding carboxylic acids is 2. The van der Waals surface area contributed by atoms with Gasteiger partial charge in [-0.25, -0.2) is 13.2 Å². The number of aromatic nitrogens is 1. The van der Waals surface area contributed by atoms with Gasteiger partial charge in [-0.1, -0.05) is 23.8 Å². The van der Waals surface area contributed by atoms with E-state index in [9.17, 15) is 23.1 Å². The number of aryl methyl sites for hydroxylation is 1. The number of sulfonamides is 1. The summed E-state index contributed by atoms with van der Waals surface area (Å²) in [4.78, 5) is 25.7.